The zero-order chi connectivity index (χ0) is 22.3. The summed E-state index contributed by atoms with van der Waals surface area (Å²) >= 11 is 0. The van der Waals surface area contributed by atoms with E-state index in [4.69, 9.17) is 4.74 Å². The first-order valence-electron chi connectivity index (χ1n) is 10.1. The van der Waals surface area contributed by atoms with Crippen LogP contribution in [0.15, 0.2) is 48.5 Å². The van der Waals surface area contributed by atoms with Crippen LogP contribution >= 0.6 is 0 Å². The average molecular weight is 415 g/mol. The smallest absolute Gasteiger partial charge is 0.261 e. The van der Waals surface area contributed by atoms with Crippen molar-refractivity contribution in [3.05, 3.63) is 65.5 Å². The minimum absolute atomic E-state index is 0.187. The maximum absolute atomic E-state index is 13.3. The Kier molecular flexibility index (Phi) is 7.98. The van der Waals surface area contributed by atoms with Crippen molar-refractivity contribution in [3.63, 3.8) is 0 Å². The standard InChI is InChI=1S/C24H31FN2O3/c1-6-21(23(29)26-24(3,4)5)27(15-18-10-12-19(25)13-11-18)22(28)16-30-20-9-7-8-17(2)14-20/h7-14,21H,6,15-16H2,1-5H3,(H,26,29)/t21-/m1/s1. The monoisotopic (exact) mass is 414 g/mol. The summed E-state index contributed by atoms with van der Waals surface area (Å²) in [5, 5.41) is 2.95. The van der Waals surface area contributed by atoms with Gasteiger partial charge in [0.2, 0.25) is 5.91 Å². The molecule has 0 spiro atoms. The molecule has 0 unspecified atom stereocenters. The van der Waals surface area contributed by atoms with Gasteiger partial charge in [0, 0.05) is 12.1 Å². The summed E-state index contributed by atoms with van der Waals surface area (Å²) < 4.78 is 19.0. The largest absolute Gasteiger partial charge is 0.484 e. The minimum atomic E-state index is -0.664. The molecule has 2 aromatic rings. The number of nitrogens with zero attached hydrogens (tertiary/aromatic N) is 1. The Morgan fingerprint density at radius 3 is 2.37 bits per heavy atom. The van der Waals surface area contributed by atoms with Gasteiger partial charge in [0.15, 0.2) is 6.61 Å². The van der Waals surface area contributed by atoms with Crippen LogP contribution in [0.5, 0.6) is 5.75 Å². The Bertz CT molecular complexity index is 859. The number of rotatable bonds is 8. The maximum Gasteiger partial charge on any atom is 0.261 e. The summed E-state index contributed by atoms with van der Waals surface area (Å²) in [5.41, 5.74) is 1.34. The SMILES string of the molecule is CC[C@H](C(=O)NC(C)(C)C)N(Cc1ccc(F)cc1)C(=O)COc1cccc(C)c1. The van der Waals surface area contributed by atoms with E-state index in [0.29, 0.717) is 12.2 Å². The van der Waals surface area contributed by atoms with E-state index < -0.39 is 11.6 Å². The molecule has 0 aliphatic rings. The van der Waals surface area contributed by atoms with Crippen LogP contribution in [0.2, 0.25) is 0 Å². The quantitative estimate of drug-likeness (QED) is 0.703. The number of hydrogen-bond acceptors (Lipinski definition) is 3. The molecule has 0 radical (unpaired) electrons. The molecule has 2 amide bonds. The summed E-state index contributed by atoms with van der Waals surface area (Å²) in [6.45, 7) is 9.48. The fraction of sp³-hybridized carbons (Fsp3) is 0.417. The Hall–Kier alpha value is -2.89. The molecule has 0 aliphatic carbocycles. The van der Waals surface area contributed by atoms with E-state index >= 15 is 0 Å². The van der Waals surface area contributed by atoms with Gasteiger partial charge in [-0.2, -0.15) is 0 Å². The highest BCUT2D eigenvalue weighted by Gasteiger charge is 2.30. The van der Waals surface area contributed by atoms with Crippen LogP contribution < -0.4 is 10.1 Å². The lowest BCUT2D eigenvalue weighted by atomic mass is 10.1. The summed E-state index contributed by atoms with van der Waals surface area (Å²) in [4.78, 5) is 27.5. The van der Waals surface area contributed by atoms with Gasteiger partial charge in [-0.1, -0.05) is 31.2 Å². The predicted octanol–water partition coefficient (Wildman–Crippen LogP) is 4.24. The maximum atomic E-state index is 13.3. The highest BCUT2D eigenvalue weighted by molar-refractivity contribution is 5.88. The van der Waals surface area contributed by atoms with Crippen molar-refractivity contribution < 1.29 is 18.7 Å². The lowest BCUT2D eigenvalue weighted by Gasteiger charge is -2.33. The van der Waals surface area contributed by atoms with E-state index in [1.807, 2.05) is 52.8 Å². The van der Waals surface area contributed by atoms with Gasteiger partial charge >= 0.3 is 0 Å². The van der Waals surface area contributed by atoms with Crippen LogP contribution in [0.4, 0.5) is 4.39 Å². The molecule has 2 rings (SSSR count). The molecule has 0 aromatic heterocycles. The van der Waals surface area contributed by atoms with E-state index in [0.717, 1.165) is 11.1 Å². The van der Waals surface area contributed by atoms with Gasteiger partial charge in [0.05, 0.1) is 0 Å². The van der Waals surface area contributed by atoms with Gasteiger partial charge in [-0.25, -0.2) is 4.39 Å². The second kappa shape index (κ2) is 10.2. The lowest BCUT2D eigenvalue weighted by molar-refractivity contribution is -0.143. The number of carbonyl (C=O) groups excluding carboxylic acids is 2. The van der Waals surface area contributed by atoms with Gasteiger partial charge in [0.25, 0.3) is 5.91 Å². The molecule has 2 aromatic carbocycles. The number of nitrogens with one attached hydrogen (secondary N) is 1. The van der Waals surface area contributed by atoms with Gasteiger partial charge < -0.3 is 15.0 Å². The number of aryl methyl sites for hydroxylation is 1. The predicted molar refractivity (Wildman–Crippen MR) is 116 cm³/mol. The molecule has 0 aliphatic heterocycles. The number of carbonyl (C=O) groups is 2. The van der Waals surface area contributed by atoms with Crippen LogP contribution in [-0.2, 0) is 16.1 Å². The highest BCUT2D eigenvalue weighted by atomic mass is 19.1. The molecule has 1 N–H and O–H groups in total. The molecular formula is C24H31FN2O3. The third-order valence-electron chi connectivity index (χ3n) is 4.50. The molecule has 5 nitrogen and oxygen atoms in total. The summed E-state index contributed by atoms with van der Waals surface area (Å²) in [6.07, 6.45) is 0.444. The van der Waals surface area contributed by atoms with Crippen LogP contribution in [0.1, 0.15) is 45.2 Å². The van der Waals surface area contributed by atoms with Crippen molar-refractivity contribution in [2.24, 2.45) is 0 Å². The van der Waals surface area contributed by atoms with Crippen LogP contribution in [-0.4, -0.2) is 34.9 Å². The van der Waals surface area contributed by atoms with Crippen molar-refractivity contribution in [1.29, 1.82) is 0 Å². The van der Waals surface area contributed by atoms with E-state index in [2.05, 4.69) is 5.32 Å². The van der Waals surface area contributed by atoms with Crippen molar-refractivity contribution in [1.82, 2.24) is 10.2 Å². The number of ether oxygens (including phenoxy) is 1. The first-order chi connectivity index (χ1) is 14.1. The Balaban J connectivity index is 2.22. The third kappa shape index (κ3) is 7.17. The van der Waals surface area contributed by atoms with E-state index in [1.165, 1.54) is 17.0 Å². The zero-order valence-corrected chi connectivity index (χ0v) is 18.4. The molecule has 30 heavy (non-hydrogen) atoms. The van der Waals surface area contributed by atoms with Gasteiger partial charge in [0.1, 0.15) is 17.6 Å². The fourth-order valence-electron chi connectivity index (χ4n) is 3.09. The topological polar surface area (TPSA) is 58.6 Å². The van der Waals surface area contributed by atoms with E-state index in [1.54, 1.807) is 18.2 Å². The molecule has 6 heteroatoms. The van der Waals surface area contributed by atoms with Crippen molar-refractivity contribution in [2.75, 3.05) is 6.61 Å². The minimum Gasteiger partial charge on any atom is -0.484 e. The first kappa shape index (κ1) is 23.4. The highest BCUT2D eigenvalue weighted by Crippen LogP contribution is 2.16. The Morgan fingerprint density at radius 1 is 1.13 bits per heavy atom. The van der Waals surface area contributed by atoms with E-state index in [9.17, 15) is 14.0 Å². The second-order valence-corrected chi connectivity index (χ2v) is 8.42. The first-order valence-corrected chi connectivity index (χ1v) is 10.1. The van der Waals surface area contributed by atoms with Crippen molar-refractivity contribution in [3.8, 4) is 5.75 Å². The van der Waals surface area contributed by atoms with Crippen molar-refractivity contribution >= 4 is 11.8 Å². The number of benzene rings is 2. The van der Waals surface area contributed by atoms with Gasteiger partial charge in [-0.3, -0.25) is 9.59 Å². The third-order valence-corrected chi connectivity index (χ3v) is 4.50. The van der Waals surface area contributed by atoms with E-state index in [-0.39, 0.29) is 30.8 Å². The molecule has 1 atom stereocenters. The number of halogens is 1. The second-order valence-electron chi connectivity index (χ2n) is 8.42. The lowest BCUT2D eigenvalue weighted by Crippen LogP contribution is -2.54. The average Bonchev–Trinajstić information content (AvgIpc) is 2.66. The van der Waals surface area contributed by atoms with Gasteiger partial charge in [-0.05, 0) is 69.5 Å². The fourth-order valence-corrected chi connectivity index (χ4v) is 3.09. The summed E-state index contributed by atoms with van der Waals surface area (Å²) in [6, 6.07) is 12.7. The zero-order valence-electron chi connectivity index (χ0n) is 18.4. The number of hydrogen-bond donors (Lipinski definition) is 1. The molecule has 0 bridgehead atoms. The van der Waals surface area contributed by atoms with Crippen LogP contribution in [0.3, 0.4) is 0 Å². The summed E-state index contributed by atoms with van der Waals surface area (Å²) in [7, 11) is 0. The normalized spacial score (nSPS) is 12.2. The van der Waals surface area contributed by atoms with Crippen LogP contribution in [0.25, 0.3) is 0 Å². The molecular weight excluding hydrogens is 383 g/mol. The molecule has 0 heterocycles. The molecule has 0 fully saturated rings. The number of amides is 2. The molecule has 162 valence electrons. The van der Waals surface area contributed by atoms with Crippen LogP contribution in [0, 0.1) is 12.7 Å². The Labute approximate surface area is 178 Å². The molecule has 0 saturated carbocycles. The molecule has 0 saturated heterocycles. The van der Waals surface area contributed by atoms with Crippen molar-refractivity contribution in [2.45, 2.75) is 59.2 Å². The van der Waals surface area contributed by atoms with Gasteiger partial charge in [-0.15, -0.1) is 0 Å². The Morgan fingerprint density at radius 2 is 1.80 bits per heavy atom. The summed E-state index contributed by atoms with van der Waals surface area (Å²) in [5.74, 6) is -0.290.